The van der Waals surface area contributed by atoms with Gasteiger partial charge in [0.25, 0.3) is 0 Å². The highest BCUT2D eigenvalue weighted by molar-refractivity contribution is 6.20. The topological polar surface area (TPSA) is 69.0 Å². The van der Waals surface area contributed by atoms with Crippen molar-refractivity contribution in [2.75, 3.05) is 17.8 Å². The number of aryl methyl sites for hydroxylation is 1. The average molecular weight is 413 g/mol. The van der Waals surface area contributed by atoms with Crippen molar-refractivity contribution in [3.05, 3.63) is 54.1 Å². The van der Waals surface area contributed by atoms with E-state index >= 15 is 0 Å². The number of hydrogen-bond donors (Lipinski definition) is 1. The van der Waals surface area contributed by atoms with Crippen molar-refractivity contribution in [3.63, 3.8) is 0 Å². The number of carbonyl (C=O) groups is 1. The van der Waals surface area contributed by atoms with Crippen molar-refractivity contribution in [2.24, 2.45) is 5.41 Å². The molecule has 0 bridgehead atoms. The zero-order valence-corrected chi connectivity index (χ0v) is 17.8. The Balaban J connectivity index is 1.91. The van der Waals surface area contributed by atoms with Gasteiger partial charge in [-0.3, -0.25) is 4.79 Å². The largest absolute Gasteiger partial charge is 0.463 e. The molecule has 0 aliphatic rings. The molecule has 0 unspecified atom stereocenters. The van der Waals surface area contributed by atoms with Crippen molar-refractivity contribution in [2.45, 2.75) is 27.7 Å². The Hall–Kier alpha value is -2.86. The molecule has 2 aromatic carbocycles. The molecular weight excluding hydrogens is 388 g/mol. The molecule has 7 heteroatoms. The van der Waals surface area contributed by atoms with Crippen LogP contribution in [0, 0.1) is 12.3 Å². The SMILES string of the molecule is CCOc1nc(-c2ccc(C)cc2)n(-c2ccc(NC(=O)C(C)(C)CCl)cc2)n1. The van der Waals surface area contributed by atoms with Crippen molar-refractivity contribution in [1.82, 2.24) is 14.8 Å². The van der Waals surface area contributed by atoms with Crippen molar-refractivity contribution >= 4 is 23.2 Å². The highest BCUT2D eigenvalue weighted by Crippen LogP contribution is 2.25. The van der Waals surface area contributed by atoms with E-state index in [2.05, 4.69) is 15.4 Å². The average Bonchev–Trinajstić information content (AvgIpc) is 3.13. The number of nitrogens with zero attached hydrogens (tertiary/aromatic N) is 3. The van der Waals surface area contributed by atoms with Gasteiger partial charge in [0.15, 0.2) is 5.82 Å². The predicted octanol–water partition coefficient (Wildman–Crippen LogP) is 4.84. The third-order valence-electron chi connectivity index (χ3n) is 4.49. The van der Waals surface area contributed by atoms with Crippen LogP contribution in [0.1, 0.15) is 26.3 Å². The summed E-state index contributed by atoms with van der Waals surface area (Å²) in [6.07, 6.45) is 0. The number of benzene rings is 2. The summed E-state index contributed by atoms with van der Waals surface area (Å²) in [7, 11) is 0. The zero-order valence-electron chi connectivity index (χ0n) is 17.1. The maximum absolute atomic E-state index is 12.3. The summed E-state index contributed by atoms with van der Waals surface area (Å²) in [4.78, 5) is 16.9. The Bertz CT molecular complexity index is 979. The van der Waals surface area contributed by atoms with E-state index in [9.17, 15) is 4.79 Å². The molecule has 0 atom stereocenters. The van der Waals surface area contributed by atoms with Crippen molar-refractivity contribution in [1.29, 1.82) is 0 Å². The van der Waals surface area contributed by atoms with Crippen LogP contribution in [-0.2, 0) is 4.79 Å². The molecule has 1 N–H and O–H groups in total. The van der Waals surface area contributed by atoms with Gasteiger partial charge in [0, 0.05) is 17.1 Å². The minimum Gasteiger partial charge on any atom is -0.463 e. The maximum atomic E-state index is 12.3. The first-order chi connectivity index (χ1) is 13.8. The smallest absolute Gasteiger partial charge is 0.336 e. The van der Waals surface area contributed by atoms with Gasteiger partial charge in [-0.25, -0.2) is 4.68 Å². The van der Waals surface area contributed by atoms with E-state index in [1.807, 2.05) is 76.2 Å². The first-order valence-corrected chi connectivity index (χ1v) is 10.0. The molecule has 3 aromatic rings. The lowest BCUT2D eigenvalue weighted by atomic mass is 9.95. The lowest BCUT2D eigenvalue weighted by Gasteiger charge is -2.20. The molecule has 0 spiro atoms. The van der Waals surface area contributed by atoms with Crippen LogP contribution < -0.4 is 10.1 Å². The number of hydrogen-bond acceptors (Lipinski definition) is 4. The molecule has 6 nitrogen and oxygen atoms in total. The standard InChI is InChI=1S/C22H25ClN4O2/c1-5-29-21-25-19(16-8-6-15(2)7-9-16)27(26-21)18-12-10-17(11-13-18)24-20(28)22(3,4)14-23/h6-13H,5,14H2,1-4H3,(H,24,28). The van der Waals surface area contributed by atoms with Gasteiger partial charge in [0.05, 0.1) is 17.7 Å². The molecule has 1 aromatic heterocycles. The molecule has 0 aliphatic heterocycles. The molecule has 0 saturated carbocycles. The number of alkyl halides is 1. The molecular formula is C22H25ClN4O2. The van der Waals surface area contributed by atoms with E-state index in [0.29, 0.717) is 24.1 Å². The Morgan fingerprint density at radius 3 is 2.38 bits per heavy atom. The summed E-state index contributed by atoms with van der Waals surface area (Å²) in [5, 5.41) is 7.39. The quantitative estimate of drug-likeness (QED) is 0.563. The third-order valence-corrected chi connectivity index (χ3v) is 5.16. The van der Waals surface area contributed by atoms with E-state index in [0.717, 1.165) is 11.3 Å². The number of carbonyl (C=O) groups excluding carboxylic acids is 1. The molecule has 1 heterocycles. The van der Waals surface area contributed by atoms with E-state index in [-0.39, 0.29) is 11.8 Å². The normalized spacial score (nSPS) is 11.3. The second-order valence-corrected chi connectivity index (χ2v) is 7.71. The van der Waals surface area contributed by atoms with Gasteiger partial charge in [-0.15, -0.1) is 16.7 Å². The van der Waals surface area contributed by atoms with Crippen LogP contribution in [0.15, 0.2) is 48.5 Å². The highest BCUT2D eigenvalue weighted by Gasteiger charge is 2.26. The third kappa shape index (κ3) is 4.77. The molecule has 0 aliphatic carbocycles. The van der Waals surface area contributed by atoms with Gasteiger partial charge in [0.1, 0.15) is 0 Å². The van der Waals surface area contributed by atoms with Gasteiger partial charge >= 0.3 is 6.01 Å². The Morgan fingerprint density at radius 2 is 1.79 bits per heavy atom. The Labute approximate surface area is 175 Å². The number of ether oxygens (including phenoxy) is 1. The lowest BCUT2D eigenvalue weighted by molar-refractivity contribution is -0.122. The summed E-state index contributed by atoms with van der Waals surface area (Å²) >= 11 is 5.88. The van der Waals surface area contributed by atoms with Crippen LogP contribution >= 0.6 is 11.6 Å². The second kappa shape index (κ2) is 8.66. The molecule has 1 amide bonds. The minimum absolute atomic E-state index is 0.125. The van der Waals surface area contributed by atoms with Gasteiger partial charge < -0.3 is 10.1 Å². The summed E-state index contributed by atoms with van der Waals surface area (Å²) in [6.45, 7) is 8.04. The van der Waals surface area contributed by atoms with Crippen LogP contribution in [0.25, 0.3) is 17.1 Å². The van der Waals surface area contributed by atoms with E-state index in [1.165, 1.54) is 5.56 Å². The van der Waals surface area contributed by atoms with Crippen LogP contribution in [0.4, 0.5) is 5.69 Å². The monoisotopic (exact) mass is 412 g/mol. The maximum Gasteiger partial charge on any atom is 0.336 e. The van der Waals surface area contributed by atoms with Gasteiger partial charge in [-0.1, -0.05) is 29.8 Å². The van der Waals surface area contributed by atoms with Gasteiger partial charge in [0.2, 0.25) is 5.91 Å². The van der Waals surface area contributed by atoms with Crippen LogP contribution in [0.2, 0.25) is 0 Å². The fourth-order valence-electron chi connectivity index (χ4n) is 2.60. The van der Waals surface area contributed by atoms with Gasteiger partial charge in [-0.05, 0) is 52.0 Å². The van der Waals surface area contributed by atoms with E-state index in [1.54, 1.807) is 4.68 Å². The van der Waals surface area contributed by atoms with Crippen molar-refractivity contribution < 1.29 is 9.53 Å². The number of aromatic nitrogens is 3. The fraction of sp³-hybridized carbons (Fsp3) is 0.318. The number of amides is 1. The molecule has 0 fully saturated rings. The summed E-state index contributed by atoms with van der Waals surface area (Å²) in [5.74, 6) is 0.809. The number of nitrogens with one attached hydrogen (secondary N) is 1. The zero-order chi connectivity index (χ0) is 21.0. The van der Waals surface area contributed by atoms with Crippen LogP contribution in [-0.4, -0.2) is 33.2 Å². The molecule has 0 saturated heterocycles. The van der Waals surface area contributed by atoms with Crippen molar-refractivity contribution in [3.8, 4) is 23.1 Å². The highest BCUT2D eigenvalue weighted by atomic mass is 35.5. The van der Waals surface area contributed by atoms with E-state index < -0.39 is 5.41 Å². The fourth-order valence-corrected chi connectivity index (χ4v) is 2.72. The summed E-state index contributed by atoms with van der Waals surface area (Å²) < 4.78 is 7.25. The predicted molar refractivity (Wildman–Crippen MR) is 116 cm³/mol. The molecule has 152 valence electrons. The number of halogens is 1. The minimum atomic E-state index is -0.642. The summed E-state index contributed by atoms with van der Waals surface area (Å²) in [5.41, 5.74) is 2.98. The molecule has 3 rings (SSSR count). The first kappa shape index (κ1) is 20.9. The van der Waals surface area contributed by atoms with Crippen LogP contribution in [0.5, 0.6) is 6.01 Å². The Morgan fingerprint density at radius 1 is 1.14 bits per heavy atom. The number of rotatable bonds is 7. The summed E-state index contributed by atoms with van der Waals surface area (Å²) in [6, 6.07) is 15.8. The lowest BCUT2D eigenvalue weighted by Crippen LogP contribution is -2.32. The van der Waals surface area contributed by atoms with Crippen LogP contribution in [0.3, 0.4) is 0 Å². The second-order valence-electron chi connectivity index (χ2n) is 7.45. The number of anilines is 1. The Kier molecular flexibility index (Phi) is 6.23. The molecule has 0 radical (unpaired) electrons. The molecule has 29 heavy (non-hydrogen) atoms. The first-order valence-electron chi connectivity index (χ1n) is 9.49. The van der Waals surface area contributed by atoms with Gasteiger partial charge in [-0.2, -0.15) is 4.98 Å². The van der Waals surface area contributed by atoms with E-state index in [4.69, 9.17) is 16.3 Å².